The number of carboxylic acid groups (broad SMARTS) is 6. The van der Waals surface area contributed by atoms with Gasteiger partial charge in [-0.2, -0.15) is 0 Å². The van der Waals surface area contributed by atoms with Crippen molar-refractivity contribution in [3.8, 4) is 0 Å². The van der Waals surface area contributed by atoms with Crippen LogP contribution in [-0.4, -0.2) is 145 Å². The maximum absolute atomic E-state index is 10.2. The van der Waals surface area contributed by atoms with Crippen molar-refractivity contribution in [2.45, 2.75) is 133 Å². The largest absolute Gasteiger partial charge is 3.00 e. The number of aliphatic carboxylic acids is 6. The van der Waals surface area contributed by atoms with Crippen molar-refractivity contribution < 1.29 is 76.5 Å². The van der Waals surface area contributed by atoms with Gasteiger partial charge in [0.05, 0.1) is 17.9 Å². The summed E-state index contributed by atoms with van der Waals surface area (Å²) in [7, 11) is 0. The van der Waals surface area contributed by atoms with Crippen LogP contribution in [0.15, 0.2) is 15.0 Å². The summed E-state index contributed by atoms with van der Waals surface area (Å²) in [6.45, 7) is 3.01. The number of hydrogen-bond donors (Lipinski definition) is 18. The molecule has 0 saturated heterocycles. The van der Waals surface area contributed by atoms with Crippen LogP contribution in [-0.2, 0) is 45.8 Å². The number of unbranched alkanes of at least 4 members (excludes halogenated alkanes) is 3. The molecule has 0 saturated carbocycles. The molecule has 0 aliphatic carbocycles. The summed E-state index contributed by atoms with van der Waals surface area (Å²) < 4.78 is 0. The number of aliphatic imine (C=N–C) groups is 3. The zero-order chi connectivity index (χ0) is 52.6. The molecule has 0 rings (SSSR count). The quantitative estimate of drug-likeness (QED) is 0.0137. The molecule has 0 unspecified atom stereocenters. The van der Waals surface area contributed by atoms with E-state index in [1.807, 2.05) is 0 Å². The normalized spacial score (nSPS) is 12.3. The van der Waals surface area contributed by atoms with E-state index in [0.29, 0.717) is 97.1 Å². The van der Waals surface area contributed by atoms with E-state index in [-0.39, 0.29) is 34.9 Å². The van der Waals surface area contributed by atoms with Crippen molar-refractivity contribution in [1.29, 1.82) is 0 Å². The first kappa shape index (κ1) is 76.1. The molecule has 0 aliphatic heterocycles. The molecule has 0 heterocycles. The fraction of sp³-hybridized carbons (Fsp3) is 0.750. The van der Waals surface area contributed by atoms with Crippen LogP contribution < -0.4 is 101 Å². The van der Waals surface area contributed by atoms with E-state index in [4.69, 9.17) is 101 Å². The van der Waals surface area contributed by atoms with Crippen molar-refractivity contribution in [3.63, 3.8) is 0 Å². The molecule has 0 spiro atoms. The van der Waals surface area contributed by atoms with Crippen LogP contribution in [0.25, 0.3) is 0 Å². The predicted octanol–water partition coefficient (Wildman–Crippen LogP) is -10.1. The van der Waals surface area contributed by atoms with E-state index < -0.39 is 72.1 Å². The number of hydrogen-bond acceptors (Lipinski definition) is 21. The SMILES string of the molecule is NC(N)=NCCC[C@H](N)C(=O)O.NC(N)=NCCC[C@H](N)C(=O)O.NC(N)=NCCC[C@H](N)C(=O)O.NCCCC[C@H](N)C(=O)[O-].NCCCC[C@H](N)C(=O)[O-].NCCCC[C@H](N)C(=O)[O-].[Fe+3]. The molecule has 1 radical (unpaired) electrons. The fourth-order valence-electron chi connectivity index (χ4n) is 3.81. The number of carbonyl (C=O) groups excluding carboxylic acids is 3. The Kier molecular flexibility index (Phi) is 60.6. The van der Waals surface area contributed by atoms with E-state index in [2.05, 4.69) is 15.0 Å². The van der Waals surface area contributed by atoms with Crippen molar-refractivity contribution in [1.82, 2.24) is 0 Å². The molecule has 6 atom stereocenters. The first-order valence-electron chi connectivity index (χ1n) is 20.8. The Morgan fingerprint density at radius 1 is 0.358 bits per heavy atom. The van der Waals surface area contributed by atoms with Gasteiger partial charge in [-0.15, -0.1) is 0 Å². The monoisotopic (exact) mass is 1010 g/mol. The maximum atomic E-state index is 10.2. The zero-order valence-corrected chi connectivity index (χ0v) is 39.3. The Hall–Kier alpha value is -5.21. The fourth-order valence-corrected chi connectivity index (χ4v) is 3.81. The van der Waals surface area contributed by atoms with Gasteiger partial charge in [-0.05, 0) is 96.7 Å². The second-order valence-electron chi connectivity index (χ2n) is 13.8. The number of carbonyl (C=O) groups is 6. The number of carboxylic acids is 6. The summed E-state index contributed by atoms with van der Waals surface area (Å²) in [5.41, 5.74) is 77.0. The molecule has 30 nitrogen and oxygen atoms in total. The van der Waals surface area contributed by atoms with E-state index in [9.17, 15) is 44.1 Å². The number of guanidine groups is 3. The van der Waals surface area contributed by atoms with Crippen LogP contribution in [0.2, 0.25) is 0 Å². The third-order valence-corrected chi connectivity index (χ3v) is 7.67. The average molecular weight is 1010 g/mol. The van der Waals surface area contributed by atoms with Gasteiger partial charge in [-0.25, -0.2) is 0 Å². The topological polar surface area (TPSA) is 660 Å². The molecule has 33 N–H and O–H groups in total. The van der Waals surface area contributed by atoms with Crippen LogP contribution in [0.5, 0.6) is 0 Å². The average Bonchev–Trinajstić information content (AvgIpc) is 3.23. The Labute approximate surface area is 402 Å². The van der Waals surface area contributed by atoms with E-state index >= 15 is 0 Å². The minimum atomic E-state index is -1.18. The first-order valence-corrected chi connectivity index (χ1v) is 20.8. The van der Waals surface area contributed by atoms with Crippen molar-refractivity contribution in [2.24, 2.45) is 101 Å². The molecule has 0 bridgehead atoms. The summed E-state index contributed by atoms with van der Waals surface area (Å²) >= 11 is 0. The number of nitrogens with zero attached hydrogens (tertiary/aromatic N) is 3. The molecule has 0 fully saturated rings. The van der Waals surface area contributed by atoms with Crippen LogP contribution in [0.4, 0.5) is 0 Å². The Morgan fingerprint density at radius 3 is 0.672 bits per heavy atom. The maximum Gasteiger partial charge on any atom is 3.00 e. The van der Waals surface area contributed by atoms with Crippen LogP contribution in [0.3, 0.4) is 0 Å². The molecule has 0 aromatic heterocycles. The van der Waals surface area contributed by atoms with Crippen LogP contribution in [0, 0.1) is 0 Å². The van der Waals surface area contributed by atoms with E-state index in [1.165, 1.54) is 0 Å². The van der Waals surface area contributed by atoms with E-state index in [1.54, 1.807) is 0 Å². The molecular weight excluding hydrogens is 932 g/mol. The van der Waals surface area contributed by atoms with Crippen molar-refractivity contribution in [3.05, 3.63) is 0 Å². The molecule has 67 heavy (non-hydrogen) atoms. The van der Waals surface area contributed by atoms with Gasteiger partial charge in [0.1, 0.15) is 18.1 Å². The number of rotatable bonds is 30. The third kappa shape index (κ3) is 70.0. The molecule has 31 heteroatoms. The Balaban J connectivity index is -0.000000129. The predicted molar refractivity (Wildman–Crippen MR) is 244 cm³/mol. The van der Waals surface area contributed by atoms with Crippen molar-refractivity contribution >= 4 is 53.7 Å². The molecule has 0 amide bonds. The van der Waals surface area contributed by atoms with Crippen LogP contribution in [0.1, 0.15) is 96.3 Å². The molecule has 395 valence electrons. The zero-order valence-electron chi connectivity index (χ0n) is 38.2. The third-order valence-electron chi connectivity index (χ3n) is 7.67. The summed E-state index contributed by atoms with van der Waals surface area (Å²) in [6, 6.07) is -4.94. The van der Waals surface area contributed by atoms with Gasteiger partial charge in [0.15, 0.2) is 17.9 Å². The Morgan fingerprint density at radius 2 is 0.537 bits per heavy atom. The summed E-state index contributed by atoms with van der Waals surface area (Å²) in [5.74, 6) is -6.51. The van der Waals surface area contributed by atoms with Crippen LogP contribution >= 0.6 is 0 Å². The molecule has 0 aromatic rings. The van der Waals surface area contributed by atoms with Gasteiger partial charge >= 0.3 is 35.0 Å². The summed E-state index contributed by atoms with van der Waals surface area (Å²) in [4.78, 5) is 71.8. The second-order valence-corrected chi connectivity index (χ2v) is 13.8. The van der Waals surface area contributed by atoms with Gasteiger partial charge in [0.25, 0.3) is 0 Å². The molecule has 0 aromatic carbocycles. The molecule has 0 aliphatic rings. The minimum Gasteiger partial charge on any atom is -0.548 e. The summed E-state index contributed by atoms with van der Waals surface area (Å²) in [6.07, 6.45) is 8.97. The van der Waals surface area contributed by atoms with Gasteiger partial charge < -0.3 is 131 Å². The molecular formula is C36H81FeN18O12. The number of nitrogens with two attached hydrogens (primary N) is 15. The standard InChI is InChI=1S/3C6H14N4O2.3C6H14N2O2.Fe/c3*7-4(5(11)12)2-1-3-10-6(8)9;3*7-4-2-1-3-5(8)6(9)10;/h3*4H,1-3,7H2,(H,11,12)(H4,8,9,10);3*5H,1-4,7-8H2,(H,9,10);/q;;;;;;+3/p-3/t3*4-;3*5-;/m000000./s1. The first-order chi connectivity index (χ1) is 30.7. The Bertz CT molecular complexity index is 1200. The summed E-state index contributed by atoms with van der Waals surface area (Å²) in [5, 5.41) is 55.2. The smallest absolute Gasteiger partial charge is 0.548 e. The van der Waals surface area contributed by atoms with Gasteiger partial charge in [-0.1, -0.05) is 19.3 Å². The second kappa shape index (κ2) is 53.4. The van der Waals surface area contributed by atoms with Gasteiger partial charge in [-0.3, -0.25) is 29.4 Å². The minimum absolute atomic E-state index is 0. The van der Waals surface area contributed by atoms with Gasteiger partial charge in [0.2, 0.25) is 0 Å². The van der Waals surface area contributed by atoms with E-state index in [0.717, 1.165) is 38.5 Å². The van der Waals surface area contributed by atoms with Gasteiger partial charge in [0, 0.05) is 37.8 Å². The van der Waals surface area contributed by atoms with Crippen molar-refractivity contribution in [2.75, 3.05) is 39.3 Å².